The van der Waals surface area contributed by atoms with Crippen molar-refractivity contribution in [1.82, 2.24) is 4.90 Å². The molecule has 2 aromatic carbocycles. The van der Waals surface area contributed by atoms with Crippen molar-refractivity contribution in [2.75, 3.05) is 36.8 Å². The van der Waals surface area contributed by atoms with Crippen molar-refractivity contribution in [1.29, 1.82) is 0 Å². The van der Waals surface area contributed by atoms with Gasteiger partial charge in [0.25, 0.3) is 0 Å². The van der Waals surface area contributed by atoms with Gasteiger partial charge in [-0.15, -0.1) is 0 Å². The van der Waals surface area contributed by atoms with Gasteiger partial charge in [-0.2, -0.15) is 0 Å². The molecule has 0 spiro atoms. The first-order chi connectivity index (χ1) is 10.2. The molecule has 3 rings (SSSR count). The molecule has 3 nitrogen and oxygen atoms in total. The van der Waals surface area contributed by atoms with Crippen LogP contribution in [0, 0.1) is 5.82 Å². The summed E-state index contributed by atoms with van der Waals surface area (Å²) in [5, 5.41) is 0. The predicted molar refractivity (Wildman–Crippen MR) is 84.7 cm³/mol. The lowest BCUT2D eigenvalue weighted by atomic mass is 10.1. The molecule has 0 radical (unpaired) electrons. The number of anilines is 2. The zero-order chi connectivity index (χ0) is 14.7. The summed E-state index contributed by atoms with van der Waals surface area (Å²) in [5.74, 6) is -0.135. The molecule has 1 heterocycles. The molecule has 0 bridgehead atoms. The zero-order valence-electron chi connectivity index (χ0n) is 12.0. The summed E-state index contributed by atoms with van der Waals surface area (Å²) in [6.07, 6.45) is 0. The van der Waals surface area contributed by atoms with Crippen LogP contribution in [0.1, 0.15) is 5.56 Å². The summed E-state index contributed by atoms with van der Waals surface area (Å²) < 4.78 is 13.8. The Morgan fingerprint density at radius 2 is 1.57 bits per heavy atom. The van der Waals surface area contributed by atoms with Gasteiger partial charge < -0.3 is 10.6 Å². The Morgan fingerprint density at radius 1 is 0.905 bits per heavy atom. The maximum atomic E-state index is 13.8. The Morgan fingerprint density at radius 3 is 2.24 bits per heavy atom. The molecule has 2 aromatic rings. The fourth-order valence-electron chi connectivity index (χ4n) is 2.74. The van der Waals surface area contributed by atoms with Gasteiger partial charge in [-0.25, -0.2) is 4.39 Å². The number of piperazine rings is 1. The number of hydrogen-bond acceptors (Lipinski definition) is 3. The lowest BCUT2D eigenvalue weighted by molar-refractivity contribution is 0.249. The largest absolute Gasteiger partial charge is 0.399 e. The van der Waals surface area contributed by atoms with E-state index in [-0.39, 0.29) is 5.82 Å². The highest BCUT2D eigenvalue weighted by atomic mass is 19.1. The highest BCUT2D eigenvalue weighted by molar-refractivity contribution is 5.48. The Labute approximate surface area is 124 Å². The minimum Gasteiger partial charge on any atom is -0.399 e. The number of halogens is 1. The molecular weight excluding hydrogens is 265 g/mol. The zero-order valence-corrected chi connectivity index (χ0v) is 12.0. The SMILES string of the molecule is Nc1ccc(CN2CCN(c3ccccc3F)CC2)cc1. The van der Waals surface area contributed by atoms with E-state index in [1.807, 2.05) is 24.3 Å². The van der Waals surface area contributed by atoms with Crippen LogP contribution in [0.5, 0.6) is 0 Å². The summed E-state index contributed by atoms with van der Waals surface area (Å²) in [7, 11) is 0. The minimum absolute atomic E-state index is 0.135. The van der Waals surface area contributed by atoms with Gasteiger partial charge in [0.05, 0.1) is 5.69 Å². The summed E-state index contributed by atoms with van der Waals surface area (Å²) in [6.45, 7) is 4.52. The van der Waals surface area contributed by atoms with Crippen LogP contribution in [-0.2, 0) is 6.54 Å². The van der Waals surface area contributed by atoms with Crippen LogP contribution in [0.4, 0.5) is 15.8 Å². The summed E-state index contributed by atoms with van der Waals surface area (Å²) in [5.41, 5.74) is 8.48. The lowest BCUT2D eigenvalue weighted by Gasteiger charge is -2.36. The molecule has 0 aliphatic carbocycles. The van der Waals surface area contributed by atoms with Crippen LogP contribution in [0.25, 0.3) is 0 Å². The van der Waals surface area contributed by atoms with Gasteiger partial charge in [0.2, 0.25) is 0 Å². The second-order valence-corrected chi connectivity index (χ2v) is 5.46. The third-order valence-corrected chi connectivity index (χ3v) is 3.95. The van der Waals surface area contributed by atoms with Crippen molar-refractivity contribution in [3.8, 4) is 0 Å². The fourth-order valence-corrected chi connectivity index (χ4v) is 2.74. The van der Waals surface area contributed by atoms with E-state index in [1.165, 1.54) is 11.6 Å². The molecule has 2 N–H and O–H groups in total. The van der Waals surface area contributed by atoms with Gasteiger partial charge in [-0.05, 0) is 29.8 Å². The third-order valence-electron chi connectivity index (χ3n) is 3.95. The van der Waals surface area contributed by atoms with Crippen LogP contribution < -0.4 is 10.6 Å². The van der Waals surface area contributed by atoms with Crippen LogP contribution in [0.3, 0.4) is 0 Å². The van der Waals surface area contributed by atoms with Gasteiger partial charge in [-0.1, -0.05) is 24.3 Å². The average Bonchev–Trinajstić information content (AvgIpc) is 2.51. The van der Waals surface area contributed by atoms with E-state index in [2.05, 4.69) is 21.9 Å². The first-order valence-electron chi connectivity index (χ1n) is 7.28. The van der Waals surface area contributed by atoms with Crippen molar-refractivity contribution in [3.05, 3.63) is 59.9 Å². The Bertz CT molecular complexity index is 589. The molecule has 4 heteroatoms. The third kappa shape index (κ3) is 3.34. The lowest BCUT2D eigenvalue weighted by Crippen LogP contribution is -2.46. The normalized spacial score (nSPS) is 16.1. The Kier molecular flexibility index (Phi) is 4.06. The molecule has 0 atom stereocenters. The second kappa shape index (κ2) is 6.14. The molecule has 21 heavy (non-hydrogen) atoms. The maximum absolute atomic E-state index is 13.8. The number of nitrogens with two attached hydrogens (primary N) is 1. The summed E-state index contributed by atoms with van der Waals surface area (Å²) >= 11 is 0. The predicted octanol–water partition coefficient (Wildman–Crippen LogP) is 2.73. The second-order valence-electron chi connectivity index (χ2n) is 5.46. The Balaban J connectivity index is 1.58. The molecule has 0 saturated carbocycles. The molecule has 1 saturated heterocycles. The molecule has 0 aromatic heterocycles. The molecule has 0 amide bonds. The van der Waals surface area contributed by atoms with Gasteiger partial charge in [0.1, 0.15) is 5.82 Å². The first kappa shape index (κ1) is 13.9. The van der Waals surface area contributed by atoms with Crippen molar-refractivity contribution in [3.63, 3.8) is 0 Å². The fraction of sp³-hybridized carbons (Fsp3) is 0.294. The van der Waals surface area contributed by atoms with Crippen LogP contribution in [0.2, 0.25) is 0 Å². The van der Waals surface area contributed by atoms with E-state index >= 15 is 0 Å². The summed E-state index contributed by atoms with van der Waals surface area (Å²) in [6, 6.07) is 15.0. The van der Waals surface area contributed by atoms with E-state index in [4.69, 9.17) is 5.73 Å². The molecule has 0 unspecified atom stereocenters. The smallest absolute Gasteiger partial charge is 0.146 e. The van der Waals surface area contributed by atoms with E-state index in [0.717, 1.165) is 38.4 Å². The van der Waals surface area contributed by atoms with Crippen LogP contribution in [0.15, 0.2) is 48.5 Å². The number of para-hydroxylation sites is 1. The molecule has 1 aliphatic heterocycles. The van der Waals surface area contributed by atoms with Crippen LogP contribution >= 0.6 is 0 Å². The van der Waals surface area contributed by atoms with Crippen molar-refractivity contribution in [2.45, 2.75) is 6.54 Å². The maximum Gasteiger partial charge on any atom is 0.146 e. The van der Waals surface area contributed by atoms with Crippen molar-refractivity contribution < 1.29 is 4.39 Å². The number of rotatable bonds is 3. The monoisotopic (exact) mass is 285 g/mol. The highest BCUT2D eigenvalue weighted by Crippen LogP contribution is 2.20. The highest BCUT2D eigenvalue weighted by Gasteiger charge is 2.19. The molecule has 110 valence electrons. The number of nitrogen functional groups attached to an aromatic ring is 1. The van der Waals surface area contributed by atoms with Crippen molar-refractivity contribution >= 4 is 11.4 Å². The number of nitrogens with zero attached hydrogens (tertiary/aromatic N) is 2. The van der Waals surface area contributed by atoms with Gasteiger partial charge in [0.15, 0.2) is 0 Å². The minimum atomic E-state index is -0.135. The van der Waals surface area contributed by atoms with E-state index in [9.17, 15) is 4.39 Å². The standard InChI is InChI=1S/C17H20FN3/c18-16-3-1-2-4-17(16)21-11-9-20(10-12-21)13-14-5-7-15(19)8-6-14/h1-8H,9-13,19H2. The number of benzene rings is 2. The van der Waals surface area contributed by atoms with Gasteiger partial charge in [-0.3, -0.25) is 4.90 Å². The summed E-state index contributed by atoms with van der Waals surface area (Å²) in [4.78, 5) is 4.51. The van der Waals surface area contributed by atoms with Crippen LogP contribution in [-0.4, -0.2) is 31.1 Å². The topological polar surface area (TPSA) is 32.5 Å². The first-order valence-corrected chi connectivity index (χ1v) is 7.28. The quantitative estimate of drug-likeness (QED) is 0.880. The Hall–Kier alpha value is -2.07. The van der Waals surface area contributed by atoms with E-state index in [1.54, 1.807) is 6.07 Å². The van der Waals surface area contributed by atoms with Gasteiger partial charge in [0, 0.05) is 38.4 Å². The molecule has 1 aliphatic rings. The van der Waals surface area contributed by atoms with E-state index < -0.39 is 0 Å². The van der Waals surface area contributed by atoms with Crippen molar-refractivity contribution in [2.24, 2.45) is 0 Å². The molecular formula is C17H20FN3. The van der Waals surface area contributed by atoms with E-state index in [0.29, 0.717) is 5.69 Å². The average molecular weight is 285 g/mol. The van der Waals surface area contributed by atoms with Gasteiger partial charge >= 0.3 is 0 Å². The molecule has 1 fully saturated rings. The number of hydrogen-bond donors (Lipinski definition) is 1.